The smallest absolute Gasteiger partial charge is 0.416 e. The van der Waals surface area contributed by atoms with Crippen molar-refractivity contribution in [1.82, 2.24) is 0 Å². The summed E-state index contributed by atoms with van der Waals surface area (Å²) in [6.45, 7) is 5.68. The summed E-state index contributed by atoms with van der Waals surface area (Å²) in [6, 6.07) is 10.7. The number of benzene rings is 2. The molecule has 2 atom stereocenters. The largest absolute Gasteiger partial charge is 0.497 e. The molecule has 0 radical (unpaired) electrons. The van der Waals surface area contributed by atoms with Crippen molar-refractivity contribution in [1.29, 1.82) is 0 Å². The Balaban J connectivity index is 2.77. The number of halogens is 3. The summed E-state index contributed by atoms with van der Waals surface area (Å²) in [5.41, 5.74) is -0.924. The summed E-state index contributed by atoms with van der Waals surface area (Å²) in [5, 5.41) is -0.352. The molecule has 0 saturated heterocycles. The Kier molecular flexibility index (Phi) is 6.76. The summed E-state index contributed by atoms with van der Waals surface area (Å²) in [5.74, 6) is -0.0712. The lowest BCUT2D eigenvalue weighted by molar-refractivity contribution is -0.141. The van der Waals surface area contributed by atoms with E-state index < -0.39 is 23.4 Å². The summed E-state index contributed by atoms with van der Waals surface area (Å²) in [7, 11) is 2.63. The molecule has 2 unspecified atom stereocenters. The molecule has 0 amide bonds. The molecule has 2 aromatic rings. The van der Waals surface area contributed by atoms with Crippen LogP contribution in [0.2, 0.25) is 0 Å². The van der Waals surface area contributed by atoms with Gasteiger partial charge in [0, 0.05) is 0 Å². The minimum absolute atomic E-state index is 0.0414. The van der Waals surface area contributed by atoms with Crippen LogP contribution in [0.4, 0.5) is 13.2 Å². The summed E-state index contributed by atoms with van der Waals surface area (Å²) >= 11 is 0. The first-order chi connectivity index (χ1) is 13.0. The molecule has 0 fully saturated rings. The van der Waals surface area contributed by atoms with Crippen LogP contribution in [-0.2, 0) is 15.7 Å². The average molecular weight is 412 g/mol. The number of hydrogen-bond donors (Lipinski definition) is 0. The quantitative estimate of drug-likeness (QED) is 0.442. The van der Waals surface area contributed by atoms with Crippen molar-refractivity contribution in [2.24, 2.45) is 0 Å². The molecule has 152 valence electrons. The minimum atomic E-state index is -4.59. The molecule has 0 spiro atoms. The number of carbonyl (C=O) groups is 1. The second-order valence-electron chi connectivity index (χ2n) is 7.34. The second-order valence-corrected chi connectivity index (χ2v) is 9.71. The van der Waals surface area contributed by atoms with E-state index >= 15 is 0 Å². The molecule has 2 rings (SSSR count). The van der Waals surface area contributed by atoms with Crippen molar-refractivity contribution in [3.63, 3.8) is 0 Å². The van der Waals surface area contributed by atoms with E-state index in [1.807, 2.05) is 20.8 Å². The SMILES string of the molecule is COC(=O)C(PC(C)(C)C)c1c(-c2ccc(OC)cc2)cccc1C(F)(F)F. The molecule has 3 nitrogen and oxygen atoms in total. The molecule has 0 saturated carbocycles. The van der Waals surface area contributed by atoms with Crippen molar-refractivity contribution in [2.75, 3.05) is 14.2 Å². The van der Waals surface area contributed by atoms with E-state index in [-0.39, 0.29) is 19.3 Å². The zero-order chi connectivity index (χ0) is 21.1. The fraction of sp³-hybridized carbons (Fsp3) is 0.381. The maximum Gasteiger partial charge on any atom is 0.416 e. The topological polar surface area (TPSA) is 35.5 Å². The average Bonchev–Trinajstić information content (AvgIpc) is 2.63. The maximum absolute atomic E-state index is 13.9. The first-order valence-electron chi connectivity index (χ1n) is 8.68. The number of carbonyl (C=O) groups excluding carboxylic acids is 1. The van der Waals surface area contributed by atoms with Crippen LogP contribution in [0.25, 0.3) is 11.1 Å². The van der Waals surface area contributed by atoms with Crippen LogP contribution < -0.4 is 4.74 Å². The molecular weight excluding hydrogens is 388 g/mol. The van der Waals surface area contributed by atoms with Gasteiger partial charge in [0.05, 0.1) is 19.8 Å². The van der Waals surface area contributed by atoms with Gasteiger partial charge in [-0.1, -0.05) is 53.6 Å². The van der Waals surface area contributed by atoms with Gasteiger partial charge in [-0.05, 0) is 40.0 Å². The molecule has 0 aromatic heterocycles. The van der Waals surface area contributed by atoms with E-state index in [0.29, 0.717) is 16.9 Å². The standard InChI is InChI=1S/C21H24F3O3P/c1-20(2,3)28-18(19(25)27-5)17-15(7-6-8-16(17)21(22,23)24)13-9-11-14(26-4)12-10-13/h6-12,18,28H,1-5H3. The summed E-state index contributed by atoms with van der Waals surface area (Å²) < 4.78 is 51.6. The van der Waals surface area contributed by atoms with Gasteiger partial charge in [-0.3, -0.25) is 4.79 Å². The minimum Gasteiger partial charge on any atom is -0.497 e. The van der Waals surface area contributed by atoms with E-state index in [4.69, 9.17) is 9.47 Å². The van der Waals surface area contributed by atoms with E-state index in [9.17, 15) is 18.0 Å². The molecule has 0 N–H and O–H groups in total. The molecule has 7 heteroatoms. The fourth-order valence-electron chi connectivity index (χ4n) is 2.95. The van der Waals surface area contributed by atoms with E-state index in [2.05, 4.69) is 0 Å². The normalized spacial score (nSPS) is 13.6. The molecular formula is C21H24F3O3P. The summed E-state index contributed by atoms with van der Waals surface area (Å²) in [4.78, 5) is 12.6. The molecule has 0 aliphatic rings. The highest BCUT2D eigenvalue weighted by atomic mass is 31.1. The number of hydrogen-bond acceptors (Lipinski definition) is 3. The predicted octanol–water partition coefficient (Wildman–Crippen LogP) is 6.07. The van der Waals surface area contributed by atoms with Crippen LogP contribution in [-0.4, -0.2) is 25.3 Å². The van der Waals surface area contributed by atoms with E-state index in [1.165, 1.54) is 20.3 Å². The van der Waals surface area contributed by atoms with Crippen molar-refractivity contribution >= 4 is 14.6 Å². The van der Waals surface area contributed by atoms with E-state index in [0.717, 1.165) is 6.07 Å². The molecule has 0 aliphatic heterocycles. The summed E-state index contributed by atoms with van der Waals surface area (Å²) in [6.07, 6.45) is -4.59. The van der Waals surface area contributed by atoms with Crippen LogP contribution in [0.1, 0.15) is 37.6 Å². The van der Waals surface area contributed by atoms with Crippen molar-refractivity contribution in [3.05, 3.63) is 53.6 Å². The second kappa shape index (κ2) is 8.52. The Hall–Kier alpha value is -2.07. The maximum atomic E-state index is 13.9. The first-order valence-corrected chi connectivity index (χ1v) is 9.75. The number of alkyl halides is 3. The van der Waals surface area contributed by atoms with Crippen LogP contribution in [0.3, 0.4) is 0 Å². The Morgan fingerprint density at radius 1 is 1.00 bits per heavy atom. The van der Waals surface area contributed by atoms with Gasteiger partial charge < -0.3 is 9.47 Å². The number of ether oxygens (including phenoxy) is 2. The van der Waals surface area contributed by atoms with Gasteiger partial charge in [0.15, 0.2) is 0 Å². The third kappa shape index (κ3) is 5.26. The Labute approximate surface area is 165 Å². The number of rotatable bonds is 5. The van der Waals surface area contributed by atoms with Crippen molar-refractivity contribution in [2.45, 2.75) is 37.8 Å². The van der Waals surface area contributed by atoms with Gasteiger partial charge in [0.1, 0.15) is 11.4 Å². The van der Waals surface area contributed by atoms with Crippen LogP contribution in [0.5, 0.6) is 5.75 Å². The first kappa shape index (κ1) is 22.2. The highest BCUT2D eigenvalue weighted by molar-refractivity contribution is 7.41. The van der Waals surface area contributed by atoms with Gasteiger partial charge in [-0.15, -0.1) is 0 Å². The zero-order valence-corrected chi connectivity index (χ0v) is 17.5. The van der Waals surface area contributed by atoms with Crippen LogP contribution >= 0.6 is 8.58 Å². The molecule has 0 aliphatic carbocycles. The van der Waals surface area contributed by atoms with Gasteiger partial charge >= 0.3 is 12.1 Å². The Morgan fingerprint density at radius 3 is 2.07 bits per heavy atom. The van der Waals surface area contributed by atoms with Gasteiger partial charge in [0.25, 0.3) is 0 Å². The highest BCUT2D eigenvalue weighted by Gasteiger charge is 2.40. The Bertz CT molecular complexity index is 824. The number of esters is 1. The fourth-order valence-corrected chi connectivity index (χ4v) is 4.50. The lowest BCUT2D eigenvalue weighted by Crippen LogP contribution is -2.21. The van der Waals surface area contributed by atoms with Crippen molar-refractivity contribution in [3.8, 4) is 16.9 Å². The molecule has 0 heterocycles. The Morgan fingerprint density at radius 2 is 1.61 bits per heavy atom. The third-order valence-corrected chi connectivity index (χ3v) is 5.79. The van der Waals surface area contributed by atoms with Gasteiger partial charge in [-0.25, -0.2) is 0 Å². The van der Waals surface area contributed by atoms with Gasteiger partial charge in [0.2, 0.25) is 0 Å². The highest BCUT2D eigenvalue weighted by Crippen LogP contribution is 2.51. The number of methoxy groups -OCH3 is 2. The van der Waals surface area contributed by atoms with Crippen molar-refractivity contribution < 1.29 is 27.4 Å². The van der Waals surface area contributed by atoms with E-state index in [1.54, 1.807) is 30.3 Å². The zero-order valence-electron chi connectivity index (χ0n) is 16.5. The lowest BCUT2D eigenvalue weighted by Gasteiger charge is -2.28. The molecule has 2 aromatic carbocycles. The van der Waals surface area contributed by atoms with Crippen LogP contribution in [0, 0.1) is 0 Å². The monoisotopic (exact) mass is 412 g/mol. The molecule has 28 heavy (non-hydrogen) atoms. The van der Waals surface area contributed by atoms with Crippen LogP contribution in [0.15, 0.2) is 42.5 Å². The molecule has 0 bridgehead atoms. The lowest BCUT2D eigenvalue weighted by atomic mass is 9.92. The van der Waals surface area contributed by atoms with Gasteiger partial charge in [-0.2, -0.15) is 13.2 Å². The predicted molar refractivity (Wildman–Crippen MR) is 106 cm³/mol. The third-order valence-electron chi connectivity index (χ3n) is 4.12.